The molecule has 160 valence electrons. The highest BCUT2D eigenvalue weighted by atomic mass is 32.1. The summed E-state index contributed by atoms with van der Waals surface area (Å²) < 4.78 is 4.77. The second kappa shape index (κ2) is 10.9. The van der Waals surface area contributed by atoms with Crippen LogP contribution in [0.15, 0.2) is 47.8 Å². The van der Waals surface area contributed by atoms with Gasteiger partial charge in [-0.2, -0.15) is 0 Å². The van der Waals surface area contributed by atoms with Crippen molar-refractivity contribution >= 4 is 29.1 Å². The Labute approximate surface area is 181 Å². The summed E-state index contributed by atoms with van der Waals surface area (Å²) in [7, 11) is 1.35. The van der Waals surface area contributed by atoms with E-state index in [-0.39, 0.29) is 36.2 Å². The van der Waals surface area contributed by atoms with Gasteiger partial charge in [0.1, 0.15) is 0 Å². The Hall–Kier alpha value is -2.67. The van der Waals surface area contributed by atoms with Crippen LogP contribution < -0.4 is 5.32 Å². The number of esters is 1. The minimum absolute atomic E-state index is 0.0614. The Morgan fingerprint density at radius 2 is 1.87 bits per heavy atom. The van der Waals surface area contributed by atoms with Crippen molar-refractivity contribution < 1.29 is 19.1 Å². The molecule has 0 aliphatic carbocycles. The molecular formula is C23H28N2O4S. The van der Waals surface area contributed by atoms with Gasteiger partial charge in [0, 0.05) is 30.3 Å². The van der Waals surface area contributed by atoms with Crippen LogP contribution in [-0.4, -0.2) is 42.9 Å². The van der Waals surface area contributed by atoms with Crippen LogP contribution in [0.1, 0.15) is 42.2 Å². The molecule has 2 aromatic rings. The van der Waals surface area contributed by atoms with E-state index in [1.54, 1.807) is 0 Å². The lowest BCUT2D eigenvalue weighted by molar-refractivity contribution is -0.142. The third-order valence-corrected chi connectivity index (χ3v) is 6.48. The predicted molar refractivity (Wildman–Crippen MR) is 116 cm³/mol. The first-order valence-electron chi connectivity index (χ1n) is 10.3. The number of ether oxygens (including phenoxy) is 1. The van der Waals surface area contributed by atoms with Crippen molar-refractivity contribution in [2.45, 2.75) is 38.1 Å². The quantitative estimate of drug-likeness (QED) is 0.655. The van der Waals surface area contributed by atoms with E-state index < -0.39 is 0 Å². The molecule has 3 rings (SSSR count). The fraction of sp³-hybridized carbons (Fsp3) is 0.435. The average molecular weight is 429 g/mol. The number of nitrogens with one attached hydrogen (secondary N) is 1. The number of carbonyl (C=O) groups excluding carboxylic acids is 3. The zero-order valence-corrected chi connectivity index (χ0v) is 18.0. The summed E-state index contributed by atoms with van der Waals surface area (Å²) in [6, 6.07) is 13.4. The number of rotatable bonds is 8. The number of nitrogens with zero attached hydrogens (tertiary/aromatic N) is 1. The van der Waals surface area contributed by atoms with E-state index in [2.05, 4.69) is 5.32 Å². The number of piperidine rings is 1. The topological polar surface area (TPSA) is 75.7 Å². The summed E-state index contributed by atoms with van der Waals surface area (Å²) in [6.45, 7) is 1.18. The highest BCUT2D eigenvalue weighted by molar-refractivity contribution is 7.10. The van der Waals surface area contributed by atoms with E-state index >= 15 is 0 Å². The first kappa shape index (κ1) is 22.0. The lowest BCUT2D eigenvalue weighted by Crippen LogP contribution is -2.44. The summed E-state index contributed by atoms with van der Waals surface area (Å²) >= 11 is 1.50. The maximum absolute atomic E-state index is 12.8. The number of likely N-dealkylation sites (tertiary alicyclic amines) is 1. The molecule has 1 aliphatic heterocycles. The maximum Gasteiger partial charge on any atom is 0.307 e. The highest BCUT2D eigenvalue weighted by Gasteiger charge is 2.29. The zero-order valence-electron chi connectivity index (χ0n) is 17.2. The Bertz CT molecular complexity index is 830. The minimum atomic E-state index is -0.379. The first-order chi connectivity index (χ1) is 14.6. The third-order valence-electron chi connectivity index (χ3n) is 5.49. The van der Waals surface area contributed by atoms with E-state index in [9.17, 15) is 14.4 Å². The number of benzene rings is 1. The van der Waals surface area contributed by atoms with Crippen LogP contribution in [0, 0.1) is 5.92 Å². The average Bonchev–Trinajstić information content (AvgIpc) is 3.32. The molecule has 1 atom stereocenters. The molecular weight excluding hydrogens is 400 g/mol. The van der Waals surface area contributed by atoms with E-state index in [1.165, 1.54) is 18.4 Å². The Kier molecular flexibility index (Phi) is 8.02. The first-order valence-corrected chi connectivity index (χ1v) is 11.2. The molecule has 2 heterocycles. The smallest absolute Gasteiger partial charge is 0.307 e. The normalized spacial score (nSPS) is 15.4. The molecule has 1 saturated heterocycles. The molecule has 6 nitrogen and oxygen atoms in total. The van der Waals surface area contributed by atoms with Gasteiger partial charge in [-0.05, 0) is 36.3 Å². The van der Waals surface area contributed by atoms with E-state index in [0.717, 1.165) is 16.9 Å². The molecule has 1 aliphatic rings. The van der Waals surface area contributed by atoms with Crippen LogP contribution in [0.25, 0.3) is 0 Å². The summed E-state index contributed by atoms with van der Waals surface area (Å²) in [6.07, 6.45) is 2.60. The van der Waals surface area contributed by atoms with Gasteiger partial charge in [0.25, 0.3) is 0 Å². The van der Waals surface area contributed by atoms with Gasteiger partial charge in [-0.3, -0.25) is 14.4 Å². The van der Waals surface area contributed by atoms with Crippen molar-refractivity contribution in [3.63, 3.8) is 0 Å². The van der Waals surface area contributed by atoms with Gasteiger partial charge >= 0.3 is 5.97 Å². The van der Waals surface area contributed by atoms with Gasteiger partial charge in [-0.15, -0.1) is 11.3 Å². The van der Waals surface area contributed by atoms with Crippen molar-refractivity contribution in [1.29, 1.82) is 0 Å². The molecule has 0 radical (unpaired) electrons. The second-order valence-electron chi connectivity index (χ2n) is 7.50. The van der Waals surface area contributed by atoms with Gasteiger partial charge in [0.2, 0.25) is 11.8 Å². The van der Waals surface area contributed by atoms with Gasteiger partial charge in [0.15, 0.2) is 0 Å². The van der Waals surface area contributed by atoms with E-state index in [4.69, 9.17) is 4.74 Å². The minimum Gasteiger partial charge on any atom is -0.469 e. The molecule has 2 amide bonds. The predicted octanol–water partition coefficient (Wildman–Crippen LogP) is 3.34. The Morgan fingerprint density at radius 1 is 1.13 bits per heavy atom. The zero-order chi connectivity index (χ0) is 21.3. The summed E-state index contributed by atoms with van der Waals surface area (Å²) in [5.41, 5.74) is 1.16. The standard InChI is InChI=1S/C23H28N2O4S/c1-29-22(27)16-19(20-8-5-15-30-20)24-23(28)18-11-13-25(14-12-18)21(26)10-9-17-6-3-2-4-7-17/h2-8,15,18-19H,9-14,16H2,1H3,(H,24,28). The Balaban J connectivity index is 1.48. The number of aryl methyl sites for hydroxylation is 1. The van der Waals surface area contributed by atoms with Gasteiger partial charge in [-0.1, -0.05) is 36.4 Å². The number of thiophene rings is 1. The maximum atomic E-state index is 12.8. The molecule has 1 aromatic heterocycles. The second-order valence-corrected chi connectivity index (χ2v) is 8.48. The molecule has 1 fully saturated rings. The summed E-state index contributed by atoms with van der Waals surface area (Å²) in [5, 5.41) is 4.93. The Morgan fingerprint density at radius 3 is 2.50 bits per heavy atom. The van der Waals surface area contributed by atoms with Crippen LogP contribution >= 0.6 is 11.3 Å². The largest absolute Gasteiger partial charge is 0.469 e. The molecule has 1 N–H and O–H groups in total. The molecule has 0 saturated carbocycles. The number of amides is 2. The fourth-order valence-electron chi connectivity index (χ4n) is 3.70. The number of methoxy groups -OCH3 is 1. The van der Waals surface area contributed by atoms with Crippen molar-refractivity contribution in [1.82, 2.24) is 10.2 Å². The molecule has 7 heteroatoms. The van der Waals surface area contributed by atoms with Crippen molar-refractivity contribution in [3.8, 4) is 0 Å². The van der Waals surface area contributed by atoms with E-state index in [0.29, 0.717) is 32.4 Å². The molecule has 1 aromatic carbocycles. The lowest BCUT2D eigenvalue weighted by atomic mass is 9.95. The highest BCUT2D eigenvalue weighted by Crippen LogP contribution is 2.25. The van der Waals surface area contributed by atoms with Crippen molar-refractivity contribution in [3.05, 3.63) is 58.3 Å². The van der Waals surface area contributed by atoms with Crippen molar-refractivity contribution in [2.24, 2.45) is 5.92 Å². The fourth-order valence-corrected chi connectivity index (χ4v) is 4.47. The SMILES string of the molecule is COC(=O)CC(NC(=O)C1CCN(C(=O)CCc2ccccc2)CC1)c1cccs1. The van der Waals surface area contributed by atoms with E-state index in [1.807, 2.05) is 52.7 Å². The van der Waals surface area contributed by atoms with Crippen LogP contribution in [0.2, 0.25) is 0 Å². The molecule has 30 heavy (non-hydrogen) atoms. The number of carbonyl (C=O) groups is 3. The molecule has 1 unspecified atom stereocenters. The van der Waals surface area contributed by atoms with Crippen LogP contribution in [0.5, 0.6) is 0 Å². The molecule has 0 spiro atoms. The third kappa shape index (κ3) is 6.16. The monoisotopic (exact) mass is 428 g/mol. The number of hydrogen-bond acceptors (Lipinski definition) is 5. The van der Waals surface area contributed by atoms with Crippen molar-refractivity contribution in [2.75, 3.05) is 20.2 Å². The summed E-state index contributed by atoms with van der Waals surface area (Å²) in [5.74, 6) is -0.427. The van der Waals surface area contributed by atoms with Gasteiger partial charge < -0.3 is 15.0 Å². The van der Waals surface area contributed by atoms with Gasteiger partial charge in [0.05, 0.1) is 19.6 Å². The molecule has 0 bridgehead atoms. The number of hydrogen-bond donors (Lipinski definition) is 1. The lowest BCUT2D eigenvalue weighted by Gasteiger charge is -2.32. The summed E-state index contributed by atoms with van der Waals surface area (Å²) in [4.78, 5) is 39.8. The van der Waals surface area contributed by atoms with Crippen LogP contribution in [-0.2, 0) is 25.5 Å². The van der Waals surface area contributed by atoms with Crippen LogP contribution in [0.4, 0.5) is 0 Å². The van der Waals surface area contributed by atoms with Gasteiger partial charge in [-0.25, -0.2) is 0 Å². The van der Waals surface area contributed by atoms with Crippen LogP contribution in [0.3, 0.4) is 0 Å².